The number of nitrogens with one attached hydrogen (secondary N) is 1. The van der Waals surface area contributed by atoms with Gasteiger partial charge in [0.05, 0.1) is 17.2 Å². The minimum atomic E-state index is -0.484. The van der Waals surface area contributed by atoms with Crippen LogP contribution in [0.3, 0.4) is 0 Å². The lowest BCUT2D eigenvalue weighted by Crippen LogP contribution is -2.20. The number of hydrogen-bond donors (Lipinski definition) is 3. The second kappa shape index (κ2) is 8.44. The van der Waals surface area contributed by atoms with Crippen LogP contribution in [0, 0.1) is 11.3 Å². The fourth-order valence-corrected chi connectivity index (χ4v) is 3.92. The molecule has 1 atom stereocenters. The number of allylic oxidation sites excluding steroid dienone is 1. The van der Waals surface area contributed by atoms with Crippen LogP contribution in [0.4, 0.5) is 0 Å². The number of aromatic amines is 1. The molecule has 7 nitrogen and oxygen atoms in total. The Kier molecular flexibility index (Phi) is 5.17. The van der Waals surface area contributed by atoms with E-state index in [4.69, 9.17) is 15.2 Å². The summed E-state index contributed by atoms with van der Waals surface area (Å²) >= 11 is 0. The van der Waals surface area contributed by atoms with Crippen molar-refractivity contribution in [3.63, 3.8) is 0 Å². The highest BCUT2D eigenvalue weighted by Gasteiger charge is 2.35. The maximum absolute atomic E-state index is 9.80. The zero-order valence-electron chi connectivity index (χ0n) is 17.5. The van der Waals surface area contributed by atoms with E-state index in [9.17, 15) is 10.4 Å². The molecule has 4 N–H and O–H groups in total. The van der Waals surface area contributed by atoms with E-state index in [0.717, 1.165) is 28.1 Å². The average Bonchev–Trinajstić information content (AvgIpc) is 3.27. The van der Waals surface area contributed by atoms with Crippen molar-refractivity contribution in [2.24, 2.45) is 5.73 Å². The molecule has 0 amide bonds. The van der Waals surface area contributed by atoms with Crippen LogP contribution in [0.2, 0.25) is 0 Å². The first kappa shape index (κ1) is 20.2. The predicted octanol–water partition coefficient (Wildman–Crippen LogP) is 4.58. The Hall–Kier alpha value is -4.70. The summed E-state index contributed by atoms with van der Waals surface area (Å²) in [5.74, 6) is 0.737. The molecule has 4 aromatic rings. The number of nitrogens with two attached hydrogens (primary N) is 1. The van der Waals surface area contributed by atoms with Gasteiger partial charge < -0.3 is 20.3 Å². The summed E-state index contributed by atoms with van der Waals surface area (Å²) in [4.78, 5) is 0. The topological polar surface area (TPSA) is 117 Å². The number of aromatic nitrogens is 2. The fourth-order valence-electron chi connectivity index (χ4n) is 3.92. The normalized spacial score (nSPS) is 14.8. The van der Waals surface area contributed by atoms with Gasteiger partial charge in [-0.1, -0.05) is 42.5 Å². The van der Waals surface area contributed by atoms with Crippen LogP contribution in [0.15, 0.2) is 90.3 Å². The molecule has 0 saturated heterocycles. The number of phenolic OH excluding ortho intramolecular Hbond substituents is 1. The van der Waals surface area contributed by atoms with Crippen molar-refractivity contribution < 1.29 is 14.6 Å². The molecular weight excluding hydrogens is 416 g/mol. The van der Waals surface area contributed by atoms with Crippen molar-refractivity contribution in [2.75, 3.05) is 0 Å². The van der Waals surface area contributed by atoms with Gasteiger partial charge >= 0.3 is 0 Å². The third-order valence-electron chi connectivity index (χ3n) is 5.56. The first-order valence-electron chi connectivity index (χ1n) is 10.4. The molecule has 0 spiro atoms. The van der Waals surface area contributed by atoms with Gasteiger partial charge in [0.2, 0.25) is 11.8 Å². The van der Waals surface area contributed by atoms with Gasteiger partial charge in [0, 0.05) is 5.56 Å². The van der Waals surface area contributed by atoms with E-state index in [1.165, 1.54) is 0 Å². The molecule has 0 saturated carbocycles. The quantitative estimate of drug-likeness (QED) is 0.422. The van der Waals surface area contributed by atoms with E-state index < -0.39 is 5.92 Å². The Morgan fingerprint density at radius 3 is 2.45 bits per heavy atom. The standard InChI is InChI=1S/C26H20N4O3/c27-14-21-22(17-6-10-19(31)11-7-17)23-24(29-30-26(23)33-25(21)28)18-8-12-20(13-9-18)32-15-16-4-2-1-3-5-16/h1-13,22,31H,15,28H2,(H,29,30). The number of rotatable bonds is 5. The maximum Gasteiger partial charge on any atom is 0.244 e. The molecular formula is C26H20N4O3. The van der Waals surface area contributed by atoms with Gasteiger partial charge in [-0.05, 0) is 47.5 Å². The summed E-state index contributed by atoms with van der Waals surface area (Å²) in [5.41, 5.74) is 10.5. The Morgan fingerprint density at radius 2 is 1.76 bits per heavy atom. The minimum Gasteiger partial charge on any atom is -0.508 e. The van der Waals surface area contributed by atoms with Gasteiger partial charge in [-0.3, -0.25) is 5.10 Å². The Balaban J connectivity index is 1.48. The van der Waals surface area contributed by atoms with E-state index in [-0.39, 0.29) is 11.6 Å². The van der Waals surface area contributed by atoms with Crippen LogP contribution in [-0.2, 0) is 6.61 Å². The smallest absolute Gasteiger partial charge is 0.244 e. The van der Waals surface area contributed by atoms with Crippen molar-refractivity contribution in [1.82, 2.24) is 10.2 Å². The second-order valence-electron chi connectivity index (χ2n) is 7.63. The average molecular weight is 436 g/mol. The number of fused-ring (bicyclic) bond motifs is 1. The molecule has 0 radical (unpaired) electrons. The van der Waals surface area contributed by atoms with Gasteiger partial charge in [0.1, 0.15) is 29.7 Å². The molecule has 33 heavy (non-hydrogen) atoms. The third kappa shape index (κ3) is 3.86. The van der Waals surface area contributed by atoms with E-state index in [1.54, 1.807) is 24.3 Å². The van der Waals surface area contributed by atoms with Crippen molar-refractivity contribution in [3.05, 3.63) is 107 Å². The van der Waals surface area contributed by atoms with Crippen molar-refractivity contribution >= 4 is 0 Å². The van der Waals surface area contributed by atoms with Gasteiger partial charge in [0.25, 0.3) is 0 Å². The molecule has 0 bridgehead atoms. The van der Waals surface area contributed by atoms with E-state index in [0.29, 0.717) is 23.6 Å². The number of nitrogens with zero attached hydrogens (tertiary/aromatic N) is 2. The van der Waals surface area contributed by atoms with Crippen molar-refractivity contribution in [3.8, 4) is 34.7 Å². The van der Waals surface area contributed by atoms with E-state index in [1.807, 2.05) is 54.6 Å². The minimum absolute atomic E-state index is 0.0192. The molecule has 7 heteroatoms. The first-order chi connectivity index (χ1) is 16.1. The van der Waals surface area contributed by atoms with Crippen molar-refractivity contribution in [1.29, 1.82) is 5.26 Å². The third-order valence-corrected chi connectivity index (χ3v) is 5.56. The SMILES string of the molecule is N#CC1=C(N)Oc2n[nH]c(-c3ccc(OCc4ccccc4)cc3)c2C1c1ccc(O)cc1. The molecule has 1 aromatic heterocycles. The lowest BCUT2D eigenvalue weighted by Gasteiger charge is -2.24. The monoisotopic (exact) mass is 436 g/mol. The van der Waals surface area contributed by atoms with Crippen LogP contribution in [0.1, 0.15) is 22.6 Å². The molecule has 1 aliphatic heterocycles. The Bertz CT molecular complexity index is 1350. The summed E-state index contributed by atoms with van der Waals surface area (Å²) in [6.45, 7) is 0.478. The summed E-state index contributed by atoms with van der Waals surface area (Å²) < 4.78 is 11.5. The predicted molar refractivity (Wildman–Crippen MR) is 122 cm³/mol. The Morgan fingerprint density at radius 1 is 1.03 bits per heavy atom. The number of ether oxygens (including phenoxy) is 2. The number of hydrogen-bond acceptors (Lipinski definition) is 6. The molecule has 1 aliphatic rings. The molecule has 1 unspecified atom stereocenters. The number of benzene rings is 3. The molecule has 2 heterocycles. The number of H-pyrrole nitrogens is 1. The first-order valence-corrected chi connectivity index (χ1v) is 10.4. The molecule has 3 aromatic carbocycles. The molecule has 0 aliphatic carbocycles. The van der Waals surface area contributed by atoms with Gasteiger partial charge in [-0.2, -0.15) is 5.26 Å². The van der Waals surface area contributed by atoms with Gasteiger partial charge in [-0.25, -0.2) is 0 Å². The zero-order chi connectivity index (χ0) is 22.8. The second-order valence-corrected chi connectivity index (χ2v) is 7.63. The summed E-state index contributed by atoms with van der Waals surface area (Å²) in [6.07, 6.45) is 0. The van der Waals surface area contributed by atoms with E-state index >= 15 is 0 Å². The summed E-state index contributed by atoms with van der Waals surface area (Å²) in [5, 5.41) is 26.8. The fraction of sp³-hybridized carbons (Fsp3) is 0.0769. The highest BCUT2D eigenvalue weighted by atomic mass is 16.5. The lowest BCUT2D eigenvalue weighted by molar-refractivity contribution is 0.306. The van der Waals surface area contributed by atoms with Crippen LogP contribution in [0.25, 0.3) is 11.3 Å². The highest BCUT2D eigenvalue weighted by Crippen LogP contribution is 2.45. The molecule has 162 valence electrons. The Labute approximate surface area is 190 Å². The maximum atomic E-state index is 9.80. The lowest BCUT2D eigenvalue weighted by atomic mass is 9.83. The van der Waals surface area contributed by atoms with Crippen LogP contribution in [-0.4, -0.2) is 15.3 Å². The highest BCUT2D eigenvalue weighted by molar-refractivity contribution is 5.71. The largest absolute Gasteiger partial charge is 0.508 e. The number of nitriles is 1. The zero-order valence-corrected chi connectivity index (χ0v) is 17.5. The molecule has 0 fully saturated rings. The van der Waals surface area contributed by atoms with Crippen LogP contribution < -0.4 is 15.2 Å². The summed E-state index contributed by atoms with van der Waals surface area (Å²) in [6, 6.07) is 26.4. The van der Waals surface area contributed by atoms with Gasteiger partial charge in [0.15, 0.2) is 0 Å². The van der Waals surface area contributed by atoms with Crippen LogP contribution in [0.5, 0.6) is 17.4 Å². The van der Waals surface area contributed by atoms with Gasteiger partial charge in [-0.15, -0.1) is 5.10 Å². The van der Waals surface area contributed by atoms with Crippen LogP contribution >= 0.6 is 0 Å². The van der Waals surface area contributed by atoms with Crippen molar-refractivity contribution in [2.45, 2.75) is 12.5 Å². The summed E-state index contributed by atoms with van der Waals surface area (Å²) in [7, 11) is 0. The number of phenols is 1. The molecule has 5 rings (SSSR count). The number of aromatic hydroxyl groups is 1. The van der Waals surface area contributed by atoms with E-state index in [2.05, 4.69) is 16.3 Å².